The Hall–Kier alpha value is -1.31. The van der Waals surface area contributed by atoms with Crippen molar-refractivity contribution in [2.24, 2.45) is 0 Å². The van der Waals surface area contributed by atoms with Crippen molar-refractivity contribution >= 4 is 50.5 Å². The van der Waals surface area contributed by atoms with Crippen LogP contribution in [0.4, 0.5) is 5.69 Å². The largest absolute Gasteiger partial charge is 0.338 e. The van der Waals surface area contributed by atoms with Crippen LogP contribution in [0, 0.1) is 0 Å². The van der Waals surface area contributed by atoms with E-state index in [1.807, 2.05) is 0 Å². The van der Waals surface area contributed by atoms with Crippen LogP contribution in [0.15, 0.2) is 18.2 Å². The Morgan fingerprint density at radius 2 is 1.88 bits per heavy atom. The fourth-order valence-electron chi connectivity index (χ4n) is 2.73. The first-order chi connectivity index (χ1) is 11.2. The first kappa shape index (κ1) is 19.0. The van der Waals surface area contributed by atoms with Crippen LogP contribution in [-0.2, 0) is 19.4 Å². The summed E-state index contributed by atoms with van der Waals surface area (Å²) in [6, 6.07) is 4.22. The number of hydrogen-bond donors (Lipinski definition) is 1. The number of anilines is 1. The first-order valence-corrected chi connectivity index (χ1v) is 10.0. The maximum absolute atomic E-state index is 12.3. The van der Waals surface area contributed by atoms with Crippen molar-refractivity contribution in [1.29, 1.82) is 0 Å². The van der Waals surface area contributed by atoms with Gasteiger partial charge in [0, 0.05) is 28.3 Å². The van der Waals surface area contributed by atoms with Crippen molar-refractivity contribution in [2.75, 3.05) is 23.4 Å². The van der Waals surface area contributed by atoms with E-state index in [1.165, 1.54) is 23.1 Å². The number of carbonyl (C=O) groups excluding carboxylic acids is 2. The lowest BCUT2D eigenvalue weighted by Gasteiger charge is -2.26. The second-order valence-corrected chi connectivity index (χ2v) is 8.72. The second-order valence-electron chi connectivity index (χ2n) is 5.62. The maximum Gasteiger partial charge on any atom is 0.233 e. The number of hydrogen-bond acceptors (Lipinski definition) is 4. The molecule has 1 saturated heterocycles. The van der Waals surface area contributed by atoms with E-state index >= 15 is 0 Å². The van der Waals surface area contributed by atoms with Gasteiger partial charge < -0.3 is 10.2 Å². The Morgan fingerprint density at radius 1 is 1.25 bits per heavy atom. The smallest absolute Gasteiger partial charge is 0.233 e. The van der Waals surface area contributed by atoms with Gasteiger partial charge in [0.2, 0.25) is 11.8 Å². The van der Waals surface area contributed by atoms with E-state index in [0.717, 1.165) is 0 Å². The molecule has 2 amide bonds. The molecule has 1 fully saturated rings. The van der Waals surface area contributed by atoms with Crippen LogP contribution >= 0.6 is 23.2 Å². The third-order valence-electron chi connectivity index (χ3n) is 3.77. The summed E-state index contributed by atoms with van der Waals surface area (Å²) in [6.45, 7) is 2.12. The van der Waals surface area contributed by atoms with Gasteiger partial charge in [-0.1, -0.05) is 23.2 Å². The highest BCUT2D eigenvalue weighted by atomic mass is 35.5. The highest BCUT2D eigenvalue weighted by Gasteiger charge is 2.34. The molecular weight excluding hydrogens is 375 g/mol. The standard InChI is InChI=1S/C15H18Cl2N2O4S/c1-2-19(13-3-4-24(22,23)9-13)15(21)8-14(20)18-12-6-10(16)5-11(17)7-12/h5-7,13H,2-4,8-9H2,1H3,(H,18,20). The van der Waals surface area contributed by atoms with E-state index in [2.05, 4.69) is 5.32 Å². The molecule has 6 nitrogen and oxygen atoms in total. The number of carbonyl (C=O) groups is 2. The lowest BCUT2D eigenvalue weighted by molar-refractivity contribution is -0.135. The molecule has 0 aromatic heterocycles. The van der Waals surface area contributed by atoms with Gasteiger partial charge in [-0.25, -0.2) is 8.42 Å². The zero-order chi connectivity index (χ0) is 17.9. The highest BCUT2D eigenvalue weighted by Crippen LogP contribution is 2.23. The monoisotopic (exact) mass is 392 g/mol. The predicted molar refractivity (Wildman–Crippen MR) is 94.2 cm³/mol. The normalized spacial score (nSPS) is 19.0. The van der Waals surface area contributed by atoms with Gasteiger partial charge in [-0.2, -0.15) is 0 Å². The molecule has 0 aliphatic carbocycles. The van der Waals surface area contributed by atoms with Crippen LogP contribution < -0.4 is 5.32 Å². The zero-order valence-corrected chi connectivity index (χ0v) is 15.4. The van der Waals surface area contributed by atoms with E-state index in [9.17, 15) is 18.0 Å². The highest BCUT2D eigenvalue weighted by molar-refractivity contribution is 7.91. The number of nitrogens with one attached hydrogen (secondary N) is 1. The van der Waals surface area contributed by atoms with Gasteiger partial charge in [0.15, 0.2) is 9.84 Å². The van der Waals surface area contributed by atoms with Gasteiger partial charge in [0.25, 0.3) is 0 Å². The van der Waals surface area contributed by atoms with E-state index in [-0.39, 0.29) is 24.0 Å². The summed E-state index contributed by atoms with van der Waals surface area (Å²) in [5.74, 6) is -0.866. The molecular formula is C15H18Cl2N2O4S. The Bertz CT molecular complexity index is 732. The van der Waals surface area contributed by atoms with Crippen molar-refractivity contribution in [2.45, 2.75) is 25.8 Å². The molecule has 2 rings (SSSR count). The fraction of sp³-hybridized carbons (Fsp3) is 0.467. The van der Waals surface area contributed by atoms with Gasteiger partial charge in [-0.15, -0.1) is 0 Å². The molecule has 24 heavy (non-hydrogen) atoms. The molecule has 1 aromatic carbocycles. The number of sulfone groups is 1. The fourth-order valence-corrected chi connectivity index (χ4v) is 4.99. The lowest BCUT2D eigenvalue weighted by atomic mass is 10.2. The Morgan fingerprint density at radius 3 is 2.38 bits per heavy atom. The molecule has 1 aromatic rings. The quantitative estimate of drug-likeness (QED) is 0.779. The average Bonchev–Trinajstić information content (AvgIpc) is 2.78. The summed E-state index contributed by atoms with van der Waals surface area (Å²) in [5, 5.41) is 3.31. The lowest BCUT2D eigenvalue weighted by Crippen LogP contribution is -2.42. The molecule has 0 radical (unpaired) electrons. The first-order valence-electron chi connectivity index (χ1n) is 7.46. The minimum absolute atomic E-state index is 0.0436. The number of nitrogens with zero attached hydrogens (tertiary/aromatic N) is 1. The van der Waals surface area contributed by atoms with Gasteiger partial charge >= 0.3 is 0 Å². The zero-order valence-electron chi connectivity index (χ0n) is 13.1. The van der Waals surface area contributed by atoms with Crippen LogP contribution in [-0.4, -0.2) is 49.2 Å². The molecule has 0 spiro atoms. The summed E-state index contributed by atoms with van der Waals surface area (Å²) in [4.78, 5) is 25.8. The average molecular weight is 393 g/mol. The third-order valence-corrected chi connectivity index (χ3v) is 5.96. The van der Waals surface area contributed by atoms with Crippen molar-refractivity contribution in [1.82, 2.24) is 4.90 Å². The van der Waals surface area contributed by atoms with Crippen LogP contribution in [0.2, 0.25) is 10.0 Å². The molecule has 1 atom stereocenters. The Labute approximate surface area is 151 Å². The third kappa shape index (κ3) is 5.09. The number of rotatable bonds is 5. The van der Waals surface area contributed by atoms with Gasteiger partial charge in [0.1, 0.15) is 6.42 Å². The van der Waals surface area contributed by atoms with Gasteiger partial charge in [-0.3, -0.25) is 9.59 Å². The molecule has 1 aliphatic heterocycles. The number of benzene rings is 1. The van der Waals surface area contributed by atoms with Gasteiger partial charge in [-0.05, 0) is 31.5 Å². The van der Waals surface area contributed by atoms with E-state index in [4.69, 9.17) is 23.2 Å². The van der Waals surface area contributed by atoms with Crippen molar-refractivity contribution in [3.63, 3.8) is 0 Å². The Kier molecular flexibility index (Phi) is 6.11. The van der Waals surface area contributed by atoms with Crippen molar-refractivity contribution in [3.8, 4) is 0 Å². The molecule has 9 heteroatoms. The molecule has 1 N–H and O–H groups in total. The molecule has 132 valence electrons. The molecule has 0 saturated carbocycles. The van der Waals surface area contributed by atoms with Gasteiger partial charge in [0.05, 0.1) is 11.5 Å². The summed E-state index contributed by atoms with van der Waals surface area (Å²) >= 11 is 11.7. The number of amides is 2. The van der Waals surface area contributed by atoms with E-state index < -0.39 is 21.7 Å². The van der Waals surface area contributed by atoms with Crippen molar-refractivity contribution < 1.29 is 18.0 Å². The SMILES string of the molecule is CCN(C(=O)CC(=O)Nc1cc(Cl)cc(Cl)c1)C1CCS(=O)(=O)C1. The van der Waals surface area contributed by atoms with Crippen LogP contribution in [0.3, 0.4) is 0 Å². The minimum atomic E-state index is -3.09. The summed E-state index contributed by atoms with van der Waals surface area (Å²) < 4.78 is 23.1. The molecule has 1 unspecified atom stereocenters. The summed E-state index contributed by atoms with van der Waals surface area (Å²) in [5.41, 5.74) is 0.400. The molecule has 1 heterocycles. The molecule has 1 aliphatic rings. The number of halogens is 2. The van der Waals surface area contributed by atoms with Crippen LogP contribution in [0.25, 0.3) is 0 Å². The summed E-state index contributed by atoms with van der Waals surface area (Å²) in [7, 11) is -3.09. The topological polar surface area (TPSA) is 83.6 Å². The van der Waals surface area contributed by atoms with Crippen LogP contribution in [0.1, 0.15) is 19.8 Å². The minimum Gasteiger partial charge on any atom is -0.338 e. The second kappa shape index (κ2) is 7.72. The van der Waals surface area contributed by atoms with Crippen molar-refractivity contribution in [3.05, 3.63) is 28.2 Å². The van der Waals surface area contributed by atoms with E-state index in [0.29, 0.717) is 28.7 Å². The maximum atomic E-state index is 12.3. The van der Waals surface area contributed by atoms with Crippen LogP contribution in [0.5, 0.6) is 0 Å². The predicted octanol–water partition coefficient (Wildman–Crippen LogP) is 2.36. The Balaban J connectivity index is 1.98. The summed E-state index contributed by atoms with van der Waals surface area (Å²) in [6.07, 6.45) is 0.0436. The molecule has 0 bridgehead atoms. The van der Waals surface area contributed by atoms with E-state index in [1.54, 1.807) is 6.92 Å².